The van der Waals surface area contributed by atoms with Crippen molar-refractivity contribution in [3.8, 4) is 0 Å². The Labute approximate surface area is 164 Å². The average molecular weight is 449 g/mol. The summed E-state index contributed by atoms with van der Waals surface area (Å²) in [5.74, 6) is -0.813. The summed E-state index contributed by atoms with van der Waals surface area (Å²) >= 11 is 3.32. The number of hydrogen-bond donors (Lipinski definition) is 2. The zero-order chi connectivity index (χ0) is 19.4. The highest BCUT2D eigenvalue weighted by Gasteiger charge is 2.15. The van der Waals surface area contributed by atoms with Crippen molar-refractivity contribution in [1.82, 2.24) is 0 Å². The van der Waals surface area contributed by atoms with Crippen molar-refractivity contribution < 1.29 is 17.6 Å². The highest BCUT2D eigenvalue weighted by molar-refractivity contribution is 9.10. The van der Waals surface area contributed by atoms with Gasteiger partial charge in [0.1, 0.15) is 5.82 Å². The number of carbonyl (C=O) groups is 1. The highest BCUT2D eigenvalue weighted by Crippen LogP contribution is 2.18. The molecule has 0 fully saturated rings. The van der Waals surface area contributed by atoms with Crippen LogP contribution in [0.15, 0.2) is 82.2 Å². The largest absolute Gasteiger partial charge is 0.322 e. The highest BCUT2D eigenvalue weighted by atomic mass is 79.9. The fourth-order valence-corrected chi connectivity index (χ4v) is 3.58. The van der Waals surface area contributed by atoms with Gasteiger partial charge in [-0.15, -0.1) is 0 Å². The predicted octanol–water partition coefficient (Wildman–Crippen LogP) is 4.64. The summed E-state index contributed by atoms with van der Waals surface area (Å²) in [7, 11) is -3.84. The van der Waals surface area contributed by atoms with E-state index in [0.717, 1.165) is 16.6 Å². The van der Waals surface area contributed by atoms with Crippen LogP contribution in [0.25, 0.3) is 0 Å². The van der Waals surface area contributed by atoms with Gasteiger partial charge < -0.3 is 5.32 Å². The normalized spacial score (nSPS) is 11.0. The van der Waals surface area contributed by atoms with E-state index < -0.39 is 15.8 Å². The van der Waals surface area contributed by atoms with Gasteiger partial charge in [0.15, 0.2) is 0 Å². The molecule has 0 saturated heterocycles. The van der Waals surface area contributed by atoms with Crippen LogP contribution in [0.2, 0.25) is 0 Å². The van der Waals surface area contributed by atoms with Gasteiger partial charge in [-0.05, 0) is 72.8 Å². The Hall–Kier alpha value is -2.71. The zero-order valence-electron chi connectivity index (χ0n) is 13.8. The van der Waals surface area contributed by atoms with Crippen molar-refractivity contribution in [2.24, 2.45) is 0 Å². The van der Waals surface area contributed by atoms with Crippen LogP contribution in [0.1, 0.15) is 10.4 Å². The number of amides is 1. The second-order valence-corrected chi connectivity index (χ2v) is 8.20. The standard InChI is InChI=1S/C19H14BrFN2O3S/c20-14-3-7-16(8-4-14)22-19(24)13-1-11-18(12-2-13)27(25,26)23-17-9-5-15(21)6-10-17/h1-12,23H,(H,22,24). The molecule has 3 rings (SSSR count). The zero-order valence-corrected chi connectivity index (χ0v) is 16.2. The minimum absolute atomic E-state index is 0.00739. The maximum absolute atomic E-state index is 12.9. The van der Waals surface area contributed by atoms with Crippen molar-refractivity contribution in [3.63, 3.8) is 0 Å². The van der Waals surface area contributed by atoms with E-state index in [1.165, 1.54) is 36.4 Å². The lowest BCUT2D eigenvalue weighted by atomic mass is 10.2. The first kappa shape index (κ1) is 19.1. The Morgan fingerprint density at radius 3 is 1.96 bits per heavy atom. The number of anilines is 2. The molecule has 2 N–H and O–H groups in total. The molecule has 0 aliphatic heterocycles. The Kier molecular flexibility index (Phi) is 5.57. The van der Waals surface area contributed by atoms with Crippen LogP contribution in [0.5, 0.6) is 0 Å². The molecule has 0 saturated carbocycles. The quantitative estimate of drug-likeness (QED) is 0.596. The molecule has 3 aromatic rings. The third-order valence-corrected chi connectivity index (χ3v) is 5.55. The lowest BCUT2D eigenvalue weighted by Crippen LogP contribution is -2.14. The number of benzene rings is 3. The number of sulfonamides is 1. The first-order valence-corrected chi connectivity index (χ1v) is 10.1. The van der Waals surface area contributed by atoms with E-state index in [-0.39, 0.29) is 16.5 Å². The van der Waals surface area contributed by atoms with E-state index in [1.54, 1.807) is 24.3 Å². The summed E-state index contributed by atoms with van der Waals surface area (Å²) in [6.45, 7) is 0. The van der Waals surface area contributed by atoms with E-state index in [1.807, 2.05) is 0 Å². The van der Waals surface area contributed by atoms with Gasteiger partial charge in [-0.25, -0.2) is 12.8 Å². The Bertz CT molecular complexity index is 1050. The molecule has 0 bridgehead atoms. The average Bonchev–Trinajstić information content (AvgIpc) is 2.65. The van der Waals surface area contributed by atoms with Crippen LogP contribution >= 0.6 is 15.9 Å². The number of carbonyl (C=O) groups excluding carboxylic acids is 1. The van der Waals surface area contributed by atoms with Gasteiger partial charge in [0, 0.05) is 21.4 Å². The third kappa shape index (κ3) is 4.93. The van der Waals surface area contributed by atoms with E-state index >= 15 is 0 Å². The fraction of sp³-hybridized carbons (Fsp3) is 0. The predicted molar refractivity (Wildman–Crippen MR) is 106 cm³/mol. The van der Waals surface area contributed by atoms with Crippen molar-refractivity contribution >= 4 is 43.2 Å². The molecular weight excluding hydrogens is 435 g/mol. The molecule has 0 aliphatic rings. The minimum Gasteiger partial charge on any atom is -0.322 e. The van der Waals surface area contributed by atoms with Crippen LogP contribution in [0, 0.1) is 5.82 Å². The Balaban J connectivity index is 1.72. The van der Waals surface area contributed by atoms with Crippen molar-refractivity contribution in [2.45, 2.75) is 4.90 Å². The van der Waals surface area contributed by atoms with Crippen molar-refractivity contribution in [3.05, 3.63) is 88.6 Å². The van der Waals surface area contributed by atoms with E-state index in [4.69, 9.17) is 0 Å². The van der Waals surface area contributed by atoms with Gasteiger partial charge in [-0.2, -0.15) is 0 Å². The summed E-state index contributed by atoms with van der Waals surface area (Å²) in [6.07, 6.45) is 0. The number of nitrogens with one attached hydrogen (secondary N) is 2. The first-order valence-electron chi connectivity index (χ1n) is 7.79. The second-order valence-electron chi connectivity index (χ2n) is 5.60. The molecule has 0 radical (unpaired) electrons. The Morgan fingerprint density at radius 2 is 1.37 bits per heavy atom. The van der Waals surface area contributed by atoms with Crippen molar-refractivity contribution in [1.29, 1.82) is 0 Å². The molecule has 138 valence electrons. The molecule has 27 heavy (non-hydrogen) atoms. The third-order valence-electron chi connectivity index (χ3n) is 3.63. The van der Waals surface area contributed by atoms with Gasteiger partial charge >= 0.3 is 0 Å². The Morgan fingerprint density at radius 1 is 0.815 bits per heavy atom. The molecule has 1 amide bonds. The van der Waals surface area contributed by atoms with E-state index in [2.05, 4.69) is 26.0 Å². The van der Waals surface area contributed by atoms with Gasteiger partial charge in [-0.1, -0.05) is 15.9 Å². The van der Waals surface area contributed by atoms with Crippen LogP contribution in [-0.4, -0.2) is 14.3 Å². The molecule has 3 aromatic carbocycles. The molecule has 0 aromatic heterocycles. The molecule has 8 heteroatoms. The van der Waals surface area contributed by atoms with E-state index in [9.17, 15) is 17.6 Å². The summed E-state index contributed by atoms with van der Waals surface area (Å²) in [5, 5.41) is 2.73. The topological polar surface area (TPSA) is 75.3 Å². The molecule has 0 heterocycles. The number of rotatable bonds is 5. The molecule has 0 aliphatic carbocycles. The van der Waals surface area contributed by atoms with Crippen molar-refractivity contribution in [2.75, 3.05) is 10.0 Å². The van der Waals surface area contributed by atoms with Crippen LogP contribution in [0.4, 0.5) is 15.8 Å². The summed E-state index contributed by atoms with van der Waals surface area (Å²) in [4.78, 5) is 12.3. The molecule has 0 atom stereocenters. The summed E-state index contributed by atoms with van der Waals surface area (Å²) in [5.41, 5.74) is 1.19. The van der Waals surface area contributed by atoms with Crippen LogP contribution < -0.4 is 10.0 Å². The SMILES string of the molecule is O=C(Nc1ccc(Br)cc1)c1ccc(S(=O)(=O)Nc2ccc(F)cc2)cc1. The molecular formula is C19H14BrFN2O3S. The fourth-order valence-electron chi connectivity index (χ4n) is 2.25. The van der Waals surface area contributed by atoms with Gasteiger partial charge in [-0.3, -0.25) is 9.52 Å². The maximum atomic E-state index is 12.9. The first-order chi connectivity index (χ1) is 12.8. The van der Waals surface area contributed by atoms with E-state index in [0.29, 0.717) is 11.3 Å². The van der Waals surface area contributed by atoms with Crippen LogP contribution in [0.3, 0.4) is 0 Å². The van der Waals surface area contributed by atoms with Gasteiger partial charge in [0.2, 0.25) is 0 Å². The van der Waals surface area contributed by atoms with Gasteiger partial charge in [0.25, 0.3) is 15.9 Å². The molecule has 5 nitrogen and oxygen atoms in total. The monoisotopic (exact) mass is 448 g/mol. The maximum Gasteiger partial charge on any atom is 0.261 e. The molecule has 0 unspecified atom stereocenters. The lowest BCUT2D eigenvalue weighted by molar-refractivity contribution is 0.102. The van der Waals surface area contributed by atoms with Gasteiger partial charge in [0.05, 0.1) is 4.90 Å². The lowest BCUT2D eigenvalue weighted by Gasteiger charge is -2.09. The number of halogens is 2. The molecule has 0 spiro atoms. The van der Waals surface area contributed by atoms with Crippen LogP contribution in [-0.2, 0) is 10.0 Å². The number of hydrogen-bond acceptors (Lipinski definition) is 3. The summed E-state index contributed by atoms with van der Waals surface area (Å²) in [6, 6.07) is 17.6. The smallest absolute Gasteiger partial charge is 0.261 e. The summed E-state index contributed by atoms with van der Waals surface area (Å²) < 4.78 is 40.9. The second kappa shape index (κ2) is 7.89. The minimum atomic E-state index is -3.84.